The van der Waals surface area contributed by atoms with Gasteiger partial charge in [0, 0.05) is 19.7 Å². The van der Waals surface area contributed by atoms with Crippen molar-refractivity contribution in [2.75, 3.05) is 6.79 Å². The summed E-state index contributed by atoms with van der Waals surface area (Å²) in [5.74, 6) is 1.08. The van der Waals surface area contributed by atoms with Gasteiger partial charge >= 0.3 is 0 Å². The molecule has 1 aromatic heterocycles. The smallest absolute Gasteiger partial charge is 0.231 e. The second-order valence-electron chi connectivity index (χ2n) is 4.34. The maximum atomic E-state index is 10.2. The highest BCUT2D eigenvalue weighted by Crippen LogP contribution is 2.41. The Morgan fingerprint density at radius 1 is 1.47 bits per heavy atom. The first kappa shape index (κ1) is 12.3. The summed E-state index contributed by atoms with van der Waals surface area (Å²) in [6, 6.07) is 3.41. The molecule has 0 radical (unpaired) electrons. The van der Waals surface area contributed by atoms with E-state index in [1.807, 2.05) is 0 Å². The molecule has 7 heteroatoms. The summed E-state index contributed by atoms with van der Waals surface area (Å²) in [5.41, 5.74) is 1.38. The fourth-order valence-electron chi connectivity index (χ4n) is 1.98. The lowest BCUT2D eigenvalue weighted by atomic mass is 10.0. The van der Waals surface area contributed by atoms with Gasteiger partial charge in [-0.25, -0.2) is 0 Å². The minimum Gasteiger partial charge on any atom is -0.454 e. The van der Waals surface area contributed by atoms with Crippen molar-refractivity contribution in [1.82, 2.24) is 15.0 Å². The van der Waals surface area contributed by atoms with Crippen LogP contribution in [0.4, 0.5) is 0 Å². The molecule has 1 N–H and O–H groups in total. The Labute approximate surface area is 114 Å². The third kappa shape index (κ3) is 2.36. The van der Waals surface area contributed by atoms with Crippen molar-refractivity contribution >= 4 is 11.6 Å². The van der Waals surface area contributed by atoms with Crippen LogP contribution >= 0.6 is 11.6 Å². The van der Waals surface area contributed by atoms with Crippen molar-refractivity contribution < 1.29 is 14.6 Å². The Morgan fingerprint density at radius 3 is 3.05 bits per heavy atom. The standard InChI is InChI=1S/C12H12ClN3O3/c1-16-5-8(14-15-16)4-10(17)7-2-9(13)12-11(3-7)18-6-19-12/h2-3,5,10,17H,4,6H2,1H3. The Bertz CT molecular complexity index is 614. The Hall–Kier alpha value is -1.79. The number of aliphatic hydroxyl groups is 1. The lowest BCUT2D eigenvalue weighted by Gasteiger charge is -2.10. The van der Waals surface area contributed by atoms with Crippen LogP contribution in [-0.4, -0.2) is 26.9 Å². The molecular weight excluding hydrogens is 270 g/mol. The van der Waals surface area contributed by atoms with Gasteiger partial charge in [-0.3, -0.25) is 4.68 Å². The minimum atomic E-state index is -0.719. The Kier molecular flexibility index (Phi) is 3.04. The van der Waals surface area contributed by atoms with Crippen LogP contribution in [0.2, 0.25) is 5.02 Å². The van der Waals surface area contributed by atoms with Crippen molar-refractivity contribution in [2.24, 2.45) is 7.05 Å². The predicted octanol–water partition coefficient (Wildman–Crippen LogP) is 1.47. The summed E-state index contributed by atoms with van der Waals surface area (Å²) in [5, 5.41) is 18.4. The molecule has 0 saturated carbocycles. The van der Waals surface area contributed by atoms with E-state index in [-0.39, 0.29) is 6.79 Å². The van der Waals surface area contributed by atoms with Gasteiger partial charge in [-0.2, -0.15) is 0 Å². The summed E-state index contributed by atoms with van der Waals surface area (Å²) in [4.78, 5) is 0. The zero-order valence-corrected chi connectivity index (χ0v) is 11.0. The molecule has 0 fully saturated rings. The predicted molar refractivity (Wildman–Crippen MR) is 67.2 cm³/mol. The van der Waals surface area contributed by atoms with Crippen molar-refractivity contribution in [1.29, 1.82) is 0 Å². The number of aryl methyl sites for hydroxylation is 1. The first-order chi connectivity index (χ1) is 9.13. The zero-order valence-electron chi connectivity index (χ0n) is 10.2. The number of aliphatic hydroxyl groups excluding tert-OH is 1. The van der Waals surface area contributed by atoms with Gasteiger partial charge in [0.15, 0.2) is 11.5 Å². The molecule has 3 rings (SSSR count). The average Bonchev–Trinajstić information content (AvgIpc) is 2.98. The molecule has 1 unspecified atom stereocenters. The number of ether oxygens (including phenoxy) is 2. The summed E-state index contributed by atoms with van der Waals surface area (Å²) in [6.07, 6.45) is 1.41. The average molecular weight is 282 g/mol. The van der Waals surface area contributed by atoms with E-state index in [1.54, 1.807) is 30.1 Å². The molecule has 6 nitrogen and oxygen atoms in total. The number of fused-ring (bicyclic) bond motifs is 1. The molecule has 0 amide bonds. The van der Waals surface area contributed by atoms with E-state index in [2.05, 4.69) is 10.3 Å². The molecule has 1 aliphatic rings. The number of benzene rings is 1. The lowest BCUT2D eigenvalue weighted by molar-refractivity contribution is 0.171. The van der Waals surface area contributed by atoms with Crippen molar-refractivity contribution in [3.05, 3.63) is 34.6 Å². The minimum absolute atomic E-state index is 0.152. The zero-order chi connectivity index (χ0) is 13.4. The van der Waals surface area contributed by atoms with Crippen LogP contribution in [0.1, 0.15) is 17.4 Å². The molecule has 1 atom stereocenters. The van der Waals surface area contributed by atoms with E-state index in [0.717, 1.165) is 0 Å². The van der Waals surface area contributed by atoms with Gasteiger partial charge in [-0.15, -0.1) is 5.10 Å². The third-order valence-electron chi connectivity index (χ3n) is 2.89. The number of nitrogens with zero attached hydrogens (tertiary/aromatic N) is 3. The van der Waals surface area contributed by atoms with Gasteiger partial charge < -0.3 is 14.6 Å². The third-order valence-corrected chi connectivity index (χ3v) is 3.17. The number of rotatable bonds is 3. The molecular formula is C12H12ClN3O3. The molecule has 100 valence electrons. The summed E-state index contributed by atoms with van der Waals surface area (Å²) < 4.78 is 12.1. The summed E-state index contributed by atoms with van der Waals surface area (Å²) >= 11 is 6.08. The molecule has 1 aliphatic heterocycles. The highest BCUT2D eigenvalue weighted by atomic mass is 35.5. The van der Waals surface area contributed by atoms with E-state index < -0.39 is 6.10 Å². The van der Waals surface area contributed by atoms with Crippen LogP contribution < -0.4 is 9.47 Å². The van der Waals surface area contributed by atoms with E-state index >= 15 is 0 Å². The SMILES string of the molecule is Cn1cc(CC(O)c2cc(Cl)c3c(c2)OCO3)nn1. The highest BCUT2D eigenvalue weighted by molar-refractivity contribution is 6.32. The van der Waals surface area contributed by atoms with Crippen LogP contribution in [0, 0.1) is 0 Å². The van der Waals surface area contributed by atoms with Gasteiger partial charge in [0.05, 0.1) is 16.8 Å². The Morgan fingerprint density at radius 2 is 2.32 bits per heavy atom. The van der Waals surface area contributed by atoms with Crippen molar-refractivity contribution in [3.8, 4) is 11.5 Å². The van der Waals surface area contributed by atoms with Crippen LogP contribution in [0.3, 0.4) is 0 Å². The van der Waals surface area contributed by atoms with Gasteiger partial charge in [-0.1, -0.05) is 16.8 Å². The largest absolute Gasteiger partial charge is 0.454 e. The molecule has 0 bridgehead atoms. The lowest BCUT2D eigenvalue weighted by Crippen LogP contribution is -2.02. The molecule has 19 heavy (non-hydrogen) atoms. The van der Waals surface area contributed by atoms with Crippen molar-refractivity contribution in [2.45, 2.75) is 12.5 Å². The monoisotopic (exact) mass is 281 g/mol. The van der Waals surface area contributed by atoms with Crippen LogP contribution in [0.5, 0.6) is 11.5 Å². The topological polar surface area (TPSA) is 69.4 Å². The molecule has 0 aliphatic carbocycles. The van der Waals surface area contributed by atoms with Gasteiger partial charge in [0.1, 0.15) is 0 Å². The maximum Gasteiger partial charge on any atom is 0.231 e. The summed E-state index contributed by atoms with van der Waals surface area (Å²) in [7, 11) is 1.78. The van der Waals surface area contributed by atoms with Gasteiger partial charge in [0.25, 0.3) is 0 Å². The normalized spacial score (nSPS) is 14.7. The second kappa shape index (κ2) is 4.71. The highest BCUT2D eigenvalue weighted by Gasteiger charge is 2.21. The van der Waals surface area contributed by atoms with E-state index in [0.29, 0.717) is 34.2 Å². The summed E-state index contributed by atoms with van der Waals surface area (Å²) in [6.45, 7) is 0.152. The van der Waals surface area contributed by atoms with Gasteiger partial charge in [0.2, 0.25) is 6.79 Å². The molecule has 1 aromatic carbocycles. The van der Waals surface area contributed by atoms with E-state index in [9.17, 15) is 5.11 Å². The quantitative estimate of drug-likeness (QED) is 0.923. The van der Waals surface area contributed by atoms with Crippen LogP contribution in [-0.2, 0) is 13.5 Å². The first-order valence-corrected chi connectivity index (χ1v) is 6.13. The molecule has 2 heterocycles. The number of aromatic nitrogens is 3. The molecule has 2 aromatic rings. The molecule has 0 spiro atoms. The number of halogens is 1. The molecule has 0 saturated heterocycles. The second-order valence-corrected chi connectivity index (χ2v) is 4.75. The van der Waals surface area contributed by atoms with E-state index in [4.69, 9.17) is 21.1 Å². The van der Waals surface area contributed by atoms with E-state index in [1.165, 1.54) is 0 Å². The van der Waals surface area contributed by atoms with Crippen LogP contribution in [0.15, 0.2) is 18.3 Å². The fraction of sp³-hybridized carbons (Fsp3) is 0.333. The maximum absolute atomic E-state index is 10.2. The fourth-order valence-corrected chi connectivity index (χ4v) is 2.26. The number of hydrogen-bond acceptors (Lipinski definition) is 5. The number of hydrogen-bond donors (Lipinski definition) is 1. The van der Waals surface area contributed by atoms with Crippen LogP contribution in [0.25, 0.3) is 0 Å². The van der Waals surface area contributed by atoms with Gasteiger partial charge in [-0.05, 0) is 17.7 Å². The first-order valence-electron chi connectivity index (χ1n) is 5.76. The Balaban J connectivity index is 1.84. The van der Waals surface area contributed by atoms with Crippen molar-refractivity contribution in [3.63, 3.8) is 0 Å².